The minimum atomic E-state index is -0.833. The first-order valence-corrected chi connectivity index (χ1v) is 11.8. The molecule has 0 unspecified atom stereocenters. The van der Waals surface area contributed by atoms with Crippen LogP contribution in [0.15, 0.2) is 24.3 Å². The van der Waals surface area contributed by atoms with Crippen molar-refractivity contribution in [1.29, 1.82) is 0 Å². The molecule has 2 amide bonds. The molecule has 5 heteroatoms. The lowest BCUT2D eigenvalue weighted by atomic mass is 9.84. The molecule has 0 atom stereocenters. The fourth-order valence-corrected chi connectivity index (χ4v) is 5.43. The summed E-state index contributed by atoms with van der Waals surface area (Å²) in [6, 6.07) is 8.25. The molecule has 0 bridgehead atoms. The molecule has 5 nitrogen and oxygen atoms in total. The summed E-state index contributed by atoms with van der Waals surface area (Å²) in [5.74, 6) is -0.239. The first-order valence-electron chi connectivity index (χ1n) is 11.8. The van der Waals surface area contributed by atoms with Crippen LogP contribution in [-0.4, -0.2) is 28.6 Å². The van der Waals surface area contributed by atoms with Gasteiger partial charge < -0.3 is 15.3 Å². The number of hydrogen-bond donors (Lipinski definition) is 2. The van der Waals surface area contributed by atoms with Crippen LogP contribution in [0.5, 0.6) is 0 Å². The van der Waals surface area contributed by atoms with E-state index < -0.39 is 5.97 Å². The van der Waals surface area contributed by atoms with Crippen molar-refractivity contribution in [1.82, 2.24) is 10.2 Å². The molecule has 4 rings (SSSR count). The predicted octanol–water partition coefficient (Wildman–Crippen LogP) is 5.51. The Morgan fingerprint density at radius 2 is 1.59 bits per heavy atom. The molecule has 170 valence electrons. The number of nitrogens with one attached hydrogen (secondary N) is 1. The molecule has 0 radical (unpaired) electrons. The van der Waals surface area contributed by atoms with Crippen LogP contribution in [-0.2, 0) is 24.3 Å². The lowest BCUT2D eigenvalue weighted by Gasteiger charge is -2.23. The van der Waals surface area contributed by atoms with Crippen molar-refractivity contribution < 1.29 is 14.7 Å². The average molecular weight is 435 g/mol. The number of hydrogen-bond acceptors (Lipinski definition) is 2. The molecular formula is C27H34N2O3. The highest BCUT2D eigenvalue weighted by molar-refractivity contribution is 5.82. The molecule has 2 aliphatic rings. The number of amides is 2. The molecule has 2 aromatic carbocycles. The number of benzene rings is 2. The fraction of sp³-hybridized carbons (Fsp3) is 0.481. The Labute approximate surface area is 190 Å². The Morgan fingerprint density at radius 1 is 0.969 bits per heavy atom. The van der Waals surface area contributed by atoms with Gasteiger partial charge in [0.1, 0.15) is 0 Å². The van der Waals surface area contributed by atoms with Crippen molar-refractivity contribution in [3.05, 3.63) is 57.6 Å². The van der Waals surface area contributed by atoms with E-state index in [2.05, 4.69) is 36.5 Å². The molecule has 32 heavy (non-hydrogen) atoms. The normalized spacial score (nSPS) is 16.2. The van der Waals surface area contributed by atoms with Gasteiger partial charge in [-0.05, 0) is 78.5 Å². The third kappa shape index (κ3) is 4.52. The third-order valence-corrected chi connectivity index (χ3v) is 7.32. The fourth-order valence-electron chi connectivity index (χ4n) is 5.43. The summed E-state index contributed by atoms with van der Waals surface area (Å²) in [5, 5.41) is 12.8. The van der Waals surface area contributed by atoms with E-state index >= 15 is 0 Å². The zero-order valence-corrected chi connectivity index (χ0v) is 19.5. The lowest BCUT2D eigenvalue weighted by Crippen LogP contribution is -2.39. The van der Waals surface area contributed by atoms with Crippen molar-refractivity contribution >= 4 is 12.0 Å². The molecule has 0 spiro atoms. The van der Waals surface area contributed by atoms with E-state index in [1.54, 1.807) is 0 Å². The number of aliphatic carboxylic acids is 1. The number of rotatable bonds is 5. The first kappa shape index (κ1) is 22.4. The number of nitrogens with zero attached hydrogens (tertiary/aromatic N) is 1. The maximum absolute atomic E-state index is 13.0. The second-order valence-corrected chi connectivity index (χ2v) is 9.54. The molecular weight excluding hydrogens is 400 g/mol. The van der Waals surface area contributed by atoms with E-state index in [4.69, 9.17) is 0 Å². The number of fused-ring (bicyclic) bond motifs is 1. The zero-order chi connectivity index (χ0) is 22.8. The summed E-state index contributed by atoms with van der Waals surface area (Å²) in [6.07, 6.45) is 6.24. The van der Waals surface area contributed by atoms with Gasteiger partial charge in [0.15, 0.2) is 0 Å². The van der Waals surface area contributed by atoms with Gasteiger partial charge in [0, 0.05) is 19.6 Å². The largest absolute Gasteiger partial charge is 0.481 e. The summed E-state index contributed by atoms with van der Waals surface area (Å²) in [5.41, 5.74) is 8.46. The van der Waals surface area contributed by atoms with Gasteiger partial charge in [0.2, 0.25) is 0 Å². The van der Waals surface area contributed by atoms with Crippen LogP contribution >= 0.6 is 0 Å². The van der Waals surface area contributed by atoms with Crippen molar-refractivity contribution in [3.63, 3.8) is 0 Å². The minimum Gasteiger partial charge on any atom is -0.481 e. The molecule has 1 saturated carbocycles. The maximum Gasteiger partial charge on any atom is 0.318 e. The molecule has 2 N–H and O–H groups in total. The van der Waals surface area contributed by atoms with E-state index in [1.165, 1.54) is 43.2 Å². The Morgan fingerprint density at radius 3 is 2.22 bits per heavy atom. The van der Waals surface area contributed by atoms with E-state index in [1.807, 2.05) is 18.7 Å². The van der Waals surface area contributed by atoms with Gasteiger partial charge in [-0.2, -0.15) is 0 Å². The smallest absolute Gasteiger partial charge is 0.318 e. The second kappa shape index (κ2) is 9.35. The van der Waals surface area contributed by atoms with Crippen molar-refractivity contribution in [2.45, 2.75) is 72.4 Å². The standard InChI is InChI=1S/C27H34N2O3/c1-17-9-11-21(12-10-17)26-19(3)24-16-29(15-23(24)18(2)22(26)13-25(30)31)27(32)28-14-20-7-5-4-6-8-20/h9-12,20H,4-8,13-16H2,1-3H3,(H,28,32)(H,30,31). The van der Waals surface area contributed by atoms with Crippen LogP contribution in [0.3, 0.4) is 0 Å². The van der Waals surface area contributed by atoms with Crippen LogP contribution in [0.1, 0.15) is 65.5 Å². The van der Waals surface area contributed by atoms with Gasteiger partial charge in [-0.3, -0.25) is 4.79 Å². The van der Waals surface area contributed by atoms with Crippen molar-refractivity contribution in [3.8, 4) is 11.1 Å². The van der Waals surface area contributed by atoms with Gasteiger partial charge in [0.05, 0.1) is 6.42 Å². The lowest BCUT2D eigenvalue weighted by molar-refractivity contribution is -0.136. The van der Waals surface area contributed by atoms with Gasteiger partial charge in [0.25, 0.3) is 0 Å². The van der Waals surface area contributed by atoms with Crippen LogP contribution in [0.25, 0.3) is 11.1 Å². The molecule has 0 aromatic heterocycles. The summed E-state index contributed by atoms with van der Waals surface area (Å²) < 4.78 is 0. The van der Waals surface area contributed by atoms with E-state index in [0.29, 0.717) is 19.0 Å². The Kier molecular flexibility index (Phi) is 6.54. The van der Waals surface area contributed by atoms with Gasteiger partial charge in [-0.25, -0.2) is 4.79 Å². The Balaban J connectivity index is 1.62. The number of carbonyl (C=O) groups excluding carboxylic acids is 1. The van der Waals surface area contributed by atoms with Gasteiger partial charge in [-0.15, -0.1) is 0 Å². The SMILES string of the molecule is Cc1ccc(-c2c(C)c3c(c(C)c2CC(=O)O)CN(C(=O)NCC2CCCCC2)C3)cc1. The molecule has 2 aromatic rings. The first-order chi connectivity index (χ1) is 15.3. The zero-order valence-electron chi connectivity index (χ0n) is 19.5. The highest BCUT2D eigenvalue weighted by atomic mass is 16.4. The molecule has 1 heterocycles. The van der Waals surface area contributed by atoms with Crippen molar-refractivity contribution in [2.75, 3.05) is 6.54 Å². The number of aryl methyl sites for hydroxylation is 1. The maximum atomic E-state index is 13.0. The third-order valence-electron chi connectivity index (χ3n) is 7.32. The monoisotopic (exact) mass is 434 g/mol. The number of urea groups is 1. The Hall–Kier alpha value is -2.82. The second-order valence-electron chi connectivity index (χ2n) is 9.54. The summed E-state index contributed by atoms with van der Waals surface area (Å²) in [7, 11) is 0. The van der Waals surface area contributed by atoms with Crippen LogP contribution < -0.4 is 5.32 Å². The highest BCUT2D eigenvalue weighted by Crippen LogP contribution is 2.39. The van der Waals surface area contributed by atoms with E-state index in [-0.39, 0.29) is 12.5 Å². The highest BCUT2D eigenvalue weighted by Gasteiger charge is 2.30. The Bertz CT molecular complexity index is 1020. The van der Waals surface area contributed by atoms with Crippen LogP contribution in [0.4, 0.5) is 4.79 Å². The van der Waals surface area contributed by atoms with Gasteiger partial charge >= 0.3 is 12.0 Å². The van der Waals surface area contributed by atoms with Gasteiger partial charge in [-0.1, -0.05) is 49.1 Å². The van der Waals surface area contributed by atoms with Crippen molar-refractivity contribution in [2.24, 2.45) is 5.92 Å². The van der Waals surface area contributed by atoms with Crippen LogP contribution in [0.2, 0.25) is 0 Å². The molecule has 1 aliphatic carbocycles. The van der Waals surface area contributed by atoms with E-state index in [0.717, 1.165) is 39.9 Å². The topological polar surface area (TPSA) is 69.6 Å². The van der Waals surface area contributed by atoms with E-state index in [9.17, 15) is 14.7 Å². The molecule has 1 fully saturated rings. The van der Waals surface area contributed by atoms with Crippen LogP contribution in [0, 0.1) is 26.7 Å². The predicted molar refractivity (Wildman–Crippen MR) is 127 cm³/mol. The summed E-state index contributed by atoms with van der Waals surface area (Å²) in [4.78, 5) is 26.5. The summed E-state index contributed by atoms with van der Waals surface area (Å²) >= 11 is 0. The quantitative estimate of drug-likeness (QED) is 0.652. The number of carboxylic acids is 1. The molecule has 0 saturated heterocycles. The molecule has 1 aliphatic heterocycles. The minimum absolute atomic E-state index is 0.0118. The summed E-state index contributed by atoms with van der Waals surface area (Å²) in [6.45, 7) is 8.00. The average Bonchev–Trinajstić information content (AvgIpc) is 3.23. The number of carboxylic acid groups (broad SMARTS) is 1. The number of carbonyl (C=O) groups is 2.